The Morgan fingerprint density at radius 3 is 2.92 bits per heavy atom. The van der Waals surface area contributed by atoms with Crippen molar-refractivity contribution in [3.8, 4) is 6.07 Å². The molecule has 1 aromatic heterocycles. The van der Waals surface area contributed by atoms with E-state index in [4.69, 9.17) is 5.26 Å². The van der Waals surface area contributed by atoms with Gasteiger partial charge in [-0.1, -0.05) is 23.1 Å². The third-order valence-electron chi connectivity index (χ3n) is 2.97. The van der Waals surface area contributed by atoms with Crippen LogP contribution >= 0.6 is 23.1 Å². The molecule has 1 heterocycles. The molecule has 0 atom stereocenters. The molecule has 2 rings (SSSR count). The second-order valence-corrected chi connectivity index (χ2v) is 6.77. The third kappa shape index (κ3) is 4.01. The number of nitriles is 1. The van der Waals surface area contributed by atoms with Gasteiger partial charge in [-0.05, 0) is 19.1 Å². The predicted octanol–water partition coefficient (Wildman–Crippen LogP) is 3.27. The van der Waals surface area contributed by atoms with E-state index in [1.54, 1.807) is 14.0 Å². The molecule has 0 fully saturated rings. The van der Waals surface area contributed by atoms with Gasteiger partial charge in [-0.3, -0.25) is 20.2 Å². The predicted molar refractivity (Wildman–Crippen MR) is 93.8 cm³/mol. The summed E-state index contributed by atoms with van der Waals surface area (Å²) in [7, 11) is 1.57. The number of thiazole rings is 1. The second kappa shape index (κ2) is 7.76. The summed E-state index contributed by atoms with van der Waals surface area (Å²) in [5.74, 6) is -0.181. The van der Waals surface area contributed by atoms with E-state index >= 15 is 0 Å². The zero-order valence-corrected chi connectivity index (χ0v) is 14.5. The van der Waals surface area contributed by atoms with Gasteiger partial charge in [0.05, 0.1) is 26.6 Å². The zero-order valence-electron chi connectivity index (χ0n) is 12.8. The van der Waals surface area contributed by atoms with E-state index in [0.29, 0.717) is 16.6 Å². The summed E-state index contributed by atoms with van der Waals surface area (Å²) in [4.78, 5) is 27.0. The lowest BCUT2D eigenvalue weighted by Gasteiger charge is -2.05. The van der Waals surface area contributed by atoms with Crippen molar-refractivity contribution in [3.63, 3.8) is 0 Å². The molecule has 0 saturated carbocycles. The molecular formula is C14H13N5O3S2. The van der Waals surface area contributed by atoms with Gasteiger partial charge < -0.3 is 5.32 Å². The molecule has 0 bridgehead atoms. The molecular weight excluding hydrogens is 350 g/mol. The van der Waals surface area contributed by atoms with Gasteiger partial charge in [0.2, 0.25) is 0 Å². The number of benzene rings is 1. The standard InChI is InChI=1S/C14H13N5O3S2/c1-8-13(23-6-5-15)24-14(17-8)18-12(20)9-3-4-10(16-2)11(7-9)19(21)22/h3-4,7,16H,6H2,1-2H3,(H,17,18,20). The van der Waals surface area contributed by atoms with Crippen LogP contribution in [-0.2, 0) is 0 Å². The quantitative estimate of drug-likeness (QED) is 0.459. The number of nitro benzene ring substituents is 1. The maximum Gasteiger partial charge on any atom is 0.293 e. The molecule has 0 aliphatic heterocycles. The minimum absolute atomic E-state index is 0.166. The second-order valence-electron chi connectivity index (χ2n) is 4.53. The van der Waals surface area contributed by atoms with Gasteiger partial charge in [-0.15, -0.1) is 0 Å². The monoisotopic (exact) mass is 363 g/mol. The van der Waals surface area contributed by atoms with E-state index in [0.717, 1.165) is 9.90 Å². The first-order valence-electron chi connectivity index (χ1n) is 6.71. The van der Waals surface area contributed by atoms with Crippen molar-refractivity contribution in [1.29, 1.82) is 5.26 Å². The summed E-state index contributed by atoms with van der Waals surface area (Å²) in [5, 5.41) is 25.4. The van der Waals surface area contributed by atoms with Crippen molar-refractivity contribution in [2.24, 2.45) is 0 Å². The molecule has 0 aliphatic carbocycles. The van der Waals surface area contributed by atoms with Crippen LogP contribution in [0.25, 0.3) is 0 Å². The highest BCUT2D eigenvalue weighted by Gasteiger charge is 2.18. The largest absolute Gasteiger partial charge is 0.383 e. The van der Waals surface area contributed by atoms with Crippen molar-refractivity contribution >= 4 is 45.5 Å². The number of rotatable bonds is 6. The van der Waals surface area contributed by atoms with E-state index in [9.17, 15) is 14.9 Å². The normalized spacial score (nSPS) is 10.0. The molecule has 0 unspecified atom stereocenters. The van der Waals surface area contributed by atoms with Crippen molar-refractivity contribution in [2.45, 2.75) is 11.1 Å². The Labute approximate surface area is 146 Å². The number of hydrogen-bond acceptors (Lipinski definition) is 8. The van der Waals surface area contributed by atoms with E-state index in [1.165, 1.54) is 41.3 Å². The van der Waals surface area contributed by atoms with Gasteiger partial charge in [-0.25, -0.2) is 4.98 Å². The first-order chi connectivity index (χ1) is 11.5. The fraction of sp³-hybridized carbons (Fsp3) is 0.214. The number of anilines is 2. The molecule has 0 aliphatic rings. The lowest BCUT2D eigenvalue weighted by atomic mass is 10.1. The number of carbonyl (C=O) groups is 1. The number of hydrogen-bond donors (Lipinski definition) is 2. The van der Waals surface area contributed by atoms with Gasteiger partial charge in [0, 0.05) is 18.7 Å². The molecule has 2 N–H and O–H groups in total. The maximum atomic E-state index is 12.3. The smallest absolute Gasteiger partial charge is 0.293 e. The average molecular weight is 363 g/mol. The lowest BCUT2D eigenvalue weighted by molar-refractivity contribution is -0.384. The zero-order chi connectivity index (χ0) is 17.7. The van der Waals surface area contributed by atoms with Gasteiger partial charge >= 0.3 is 0 Å². The Kier molecular flexibility index (Phi) is 5.73. The van der Waals surface area contributed by atoms with Crippen molar-refractivity contribution in [2.75, 3.05) is 23.4 Å². The number of aryl methyl sites for hydroxylation is 1. The molecule has 1 amide bonds. The van der Waals surface area contributed by atoms with E-state index < -0.39 is 10.8 Å². The van der Waals surface area contributed by atoms with Crippen molar-refractivity contribution in [3.05, 3.63) is 39.6 Å². The Bertz CT molecular complexity index is 828. The first kappa shape index (κ1) is 17.7. The topological polar surface area (TPSA) is 121 Å². The molecule has 8 nitrogen and oxygen atoms in total. The van der Waals surface area contributed by atoms with E-state index in [1.807, 2.05) is 6.07 Å². The molecule has 10 heteroatoms. The summed E-state index contributed by atoms with van der Waals surface area (Å²) in [5.41, 5.74) is 1.05. The number of thioether (sulfide) groups is 1. The van der Waals surface area contributed by atoms with Crippen LogP contribution in [0.15, 0.2) is 22.4 Å². The first-order valence-corrected chi connectivity index (χ1v) is 8.51. The van der Waals surface area contributed by atoms with E-state index in [2.05, 4.69) is 15.6 Å². The summed E-state index contributed by atoms with van der Waals surface area (Å²) in [6.45, 7) is 1.79. The van der Waals surface area contributed by atoms with Gasteiger partial charge in [0.15, 0.2) is 5.13 Å². The number of nitro groups is 1. The number of amides is 1. The highest BCUT2D eigenvalue weighted by molar-refractivity contribution is 8.01. The minimum atomic E-state index is -0.549. The Hall–Kier alpha value is -2.64. The van der Waals surface area contributed by atoms with Crippen LogP contribution in [0.5, 0.6) is 0 Å². The van der Waals surface area contributed by atoms with Crippen molar-refractivity contribution in [1.82, 2.24) is 4.98 Å². The number of nitrogens with one attached hydrogen (secondary N) is 2. The SMILES string of the molecule is CNc1ccc(C(=O)Nc2nc(C)c(SCC#N)s2)cc1[N+](=O)[O-]. The number of aromatic nitrogens is 1. The van der Waals surface area contributed by atoms with Gasteiger partial charge in [-0.2, -0.15) is 5.26 Å². The average Bonchev–Trinajstić information content (AvgIpc) is 2.91. The molecule has 0 saturated heterocycles. The Morgan fingerprint density at radius 1 is 1.54 bits per heavy atom. The van der Waals surface area contributed by atoms with Gasteiger partial charge in [0.1, 0.15) is 5.69 Å². The highest BCUT2D eigenvalue weighted by Crippen LogP contribution is 2.32. The van der Waals surface area contributed by atoms with Crippen LogP contribution in [0.3, 0.4) is 0 Å². The van der Waals surface area contributed by atoms with E-state index in [-0.39, 0.29) is 11.3 Å². The Morgan fingerprint density at radius 2 is 2.29 bits per heavy atom. The Balaban J connectivity index is 2.20. The molecule has 1 aromatic carbocycles. The summed E-state index contributed by atoms with van der Waals surface area (Å²) >= 11 is 2.61. The highest BCUT2D eigenvalue weighted by atomic mass is 32.2. The lowest BCUT2D eigenvalue weighted by Crippen LogP contribution is -2.12. The molecule has 24 heavy (non-hydrogen) atoms. The fourth-order valence-corrected chi connectivity index (χ4v) is 3.67. The fourth-order valence-electron chi connectivity index (χ4n) is 1.87. The van der Waals surface area contributed by atoms with Crippen LogP contribution in [0, 0.1) is 28.4 Å². The summed E-state index contributed by atoms with van der Waals surface area (Å²) in [6.07, 6.45) is 0. The molecule has 124 valence electrons. The van der Waals surface area contributed by atoms with Crippen LogP contribution < -0.4 is 10.6 Å². The third-order valence-corrected chi connectivity index (χ3v) is 5.27. The maximum absolute atomic E-state index is 12.3. The van der Waals surface area contributed by atoms with Crippen LogP contribution in [0.1, 0.15) is 16.1 Å². The summed E-state index contributed by atoms with van der Waals surface area (Å²) < 4.78 is 0.850. The number of carbonyl (C=O) groups excluding carboxylic acids is 1. The molecule has 2 aromatic rings. The number of nitrogens with zero attached hydrogens (tertiary/aromatic N) is 3. The minimum Gasteiger partial charge on any atom is -0.383 e. The molecule has 0 spiro atoms. The van der Waals surface area contributed by atoms with Crippen LogP contribution in [0.4, 0.5) is 16.5 Å². The molecule has 0 radical (unpaired) electrons. The van der Waals surface area contributed by atoms with Crippen molar-refractivity contribution < 1.29 is 9.72 Å². The van der Waals surface area contributed by atoms with Gasteiger partial charge in [0.25, 0.3) is 11.6 Å². The van der Waals surface area contributed by atoms with Crippen LogP contribution in [-0.4, -0.2) is 28.6 Å². The van der Waals surface area contributed by atoms with Crippen LogP contribution in [0.2, 0.25) is 0 Å². The summed E-state index contributed by atoms with van der Waals surface area (Å²) in [6, 6.07) is 6.23.